The molecular weight excluding hydrogens is 449 g/mol. The number of aliphatic imine (C=N–C) groups is 1. The van der Waals surface area contributed by atoms with Gasteiger partial charge in [0.1, 0.15) is 0 Å². The van der Waals surface area contributed by atoms with Crippen LogP contribution in [0.15, 0.2) is 53.8 Å². The number of hydrogen-bond donors (Lipinski definition) is 1. The normalized spacial score (nSPS) is 15.4. The third-order valence-corrected chi connectivity index (χ3v) is 4.98. The van der Waals surface area contributed by atoms with Gasteiger partial charge in [0.25, 0.3) is 0 Å². The van der Waals surface area contributed by atoms with Crippen molar-refractivity contribution in [2.75, 3.05) is 26.2 Å². The third-order valence-electron chi connectivity index (χ3n) is 4.98. The standard InChI is InChI=1S/C21H31N5.HI/c1-2-22-21(23-12-6-14-26-15-7-13-24-26)25-16-10-20(11-17-25)18-19-8-4-3-5-9-19;/h3-5,7-9,13,15,20H,2,6,10-12,14,16-18H2,1H3,(H,22,23);1H. The largest absolute Gasteiger partial charge is 0.357 e. The molecule has 1 fully saturated rings. The van der Waals surface area contributed by atoms with Crippen LogP contribution in [0.5, 0.6) is 0 Å². The molecule has 1 aromatic heterocycles. The Morgan fingerprint density at radius 3 is 2.63 bits per heavy atom. The Kier molecular flexibility index (Phi) is 9.66. The van der Waals surface area contributed by atoms with Crippen molar-refractivity contribution < 1.29 is 0 Å². The summed E-state index contributed by atoms with van der Waals surface area (Å²) in [7, 11) is 0. The number of hydrogen-bond acceptors (Lipinski definition) is 2. The summed E-state index contributed by atoms with van der Waals surface area (Å²) in [4.78, 5) is 7.27. The Morgan fingerprint density at radius 1 is 1.19 bits per heavy atom. The van der Waals surface area contributed by atoms with Gasteiger partial charge in [0, 0.05) is 45.1 Å². The van der Waals surface area contributed by atoms with E-state index in [0.29, 0.717) is 0 Å². The van der Waals surface area contributed by atoms with Crippen LogP contribution < -0.4 is 5.32 Å². The van der Waals surface area contributed by atoms with Crippen molar-refractivity contribution in [3.8, 4) is 0 Å². The van der Waals surface area contributed by atoms with Gasteiger partial charge in [0.2, 0.25) is 0 Å². The molecule has 0 bridgehead atoms. The van der Waals surface area contributed by atoms with Gasteiger partial charge in [-0.2, -0.15) is 5.10 Å². The summed E-state index contributed by atoms with van der Waals surface area (Å²) in [5, 5.41) is 7.71. The molecule has 1 saturated heterocycles. The zero-order valence-corrected chi connectivity index (χ0v) is 18.6. The molecule has 3 rings (SSSR count). The minimum atomic E-state index is 0. The molecule has 2 heterocycles. The van der Waals surface area contributed by atoms with Gasteiger partial charge in [0.05, 0.1) is 0 Å². The first-order valence-corrected chi connectivity index (χ1v) is 9.89. The molecule has 0 aliphatic carbocycles. The first-order valence-electron chi connectivity index (χ1n) is 9.89. The molecule has 1 aliphatic rings. The van der Waals surface area contributed by atoms with Gasteiger partial charge in [-0.05, 0) is 50.2 Å². The van der Waals surface area contributed by atoms with Crippen LogP contribution in [0.25, 0.3) is 0 Å². The molecular formula is C21H32IN5. The van der Waals surface area contributed by atoms with Crippen LogP contribution >= 0.6 is 24.0 Å². The van der Waals surface area contributed by atoms with E-state index in [4.69, 9.17) is 4.99 Å². The van der Waals surface area contributed by atoms with E-state index in [1.807, 2.05) is 23.1 Å². The molecule has 0 spiro atoms. The van der Waals surface area contributed by atoms with E-state index < -0.39 is 0 Å². The Hall–Kier alpha value is -1.57. The molecule has 1 aromatic carbocycles. The van der Waals surface area contributed by atoms with E-state index in [2.05, 4.69) is 52.6 Å². The van der Waals surface area contributed by atoms with Gasteiger partial charge in [-0.25, -0.2) is 0 Å². The lowest BCUT2D eigenvalue weighted by atomic mass is 9.90. The predicted octanol–water partition coefficient (Wildman–Crippen LogP) is 3.81. The van der Waals surface area contributed by atoms with Crippen LogP contribution in [-0.2, 0) is 13.0 Å². The summed E-state index contributed by atoms with van der Waals surface area (Å²) in [6.07, 6.45) is 8.53. The lowest BCUT2D eigenvalue weighted by molar-refractivity contribution is 0.259. The molecule has 0 unspecified atom stereocenters. The zero-order chi connectivity index (χ0) is 18.0. The van der Waals surface area contributed by atoms with E-state index in [1.54, 1.807) is 0 Å². The summed E-state index contributed by atoms with van der Waals surface area (Å²) < 4.78 is 1.97. The van der Waals surface area contributed by atoms with E-state index in [1.165, 1.54) is 24.8 Å². The summed E-state index contributed by atoms with van der Waals surface area (Å²) >= 11 is 0. The van der Waals surface area contributed by atoms with Crippen molar-refractivity contribution in [3.05, 3.63) is 54.4 Å². The number of likely N-dealkylation sites (tertiary alicyclic amines) is 1. The van der Waals surface area contributed by atoms with Crippen LogP contribution in [0.4, 0.5) is 0 Å². The Labute approximate surface area is 180 Å². The second kappa shape index (κ2) is 12.0. The highest BCUT2D eigenvalue weighted by Crippen LogP contribution is 2.21. The molecule has 0 saturated carbocycles. The van der Waals surface area contributed by atoms with Gasteiger partial charge in [-0.3, -0.25) is 9.67 Å². The Balaban J connectivity index is 0.00000261. The van der Waals surface area contributed by atoms with E-state index >= 15 is 0 Å². The molecule has 0 radical (unpaired) electrons. The van der Waals surface area contributed by atoms with Crippen LogP contribution in [-0.4, -0.2) is 46.8 Å². The Bertz CT molecular complexity index is 648. The third kappa shape index (κ3) is 7.16. The summed E-state index contributed by atoms with van der Waals surface area (Å²) in [5.41, 5.74) is 1.46. The average Bonchev–Trinajstić information content (AvgIpc) is 3.19. The fraction of sp³-hybridized carbons (Fsp3) is 0.524. The van der Waals surface area contributed by atoms with Gasteiger partial charge in [0.15, 0.2) is 5.96 Å². The topological polar surface area (TPSA) is 45.5 Å². The van der Waals surface area contributed by atoms with Crippen LogP contribution in [0.2, 0.25) is 0 Å². The second-order valence-electron chi connectivity index (χ2n) is 6.98. The van der Waals surface area contributed by atoms with Crippen molar-refractivity contribution >= 4 is 29.9 Å². The molecule has 5 nitrogen and oxygen atoms in total. The summed E-state index contributed by atoms with van der Waals surface area (Å²) in [6, 6.07) is 12.8. The van der Waals surface area contributed by atoms with Crippen LogP contribution in [0.3, 0.4) is 0 Å². The average molecular weight is 481 g/mol. The van der Waals surface area contributed by atoms with Crippen molar-refractivity contribution in [2.24, 2.45) is 10.9 Å². The minimum absolute atomic E-state index is 0. The van der Waals surface area contributed by atoms with Gasteiger partial charge < -0.3 is 10.2 Å². The van der Waals surface area contributed by atoms with Crippen molar-refractivity contribution in [2.45, 2.75) is 39.2 Å². The maximum absolute atomic E-state index is 4.84. The predicted molar refractivity (Wildman–Crippen MR) is 123 cm³/mol. The number of guanidine groups is 1. The number of nitrogens with one attached hydrogen (secondary N) is 1. The maximum atomic E-state index is 4.84. The van der Waals surface area contributed by atoms with Crippen molar-refractivity contribution in [1.82, 2.24) is 20.0 Å². The summed E-state index contributed by atoms with van der Waals surface area (Å²) in [5.74, 6) is 1.86. The number of benzene rings is 1. The highest BCUT2D eigenvalue weighted by atomic mass is 127. The van der Waals surface area contributed by atoms with E-state index in [9.17, 15) is 0 Å². The SMILES string of the molecule is CCNC(=NCCCn1cccn1)N1CCC(Cc2ccccc2)CC1.I. The van der Waals surface area contributed by atoms with E-state index in [-0.39, 0.29) is 24.0 Å². The minimum Gasteiger partial charge on any atom is -0.357 e. The number of aryl methyl sites for hydroxylation is 1. The summed E-state index contributed by atoms with van der Waals surface area (Å²) in [6.45, 7) is 7.02. The number of aromatic nitrogens is 2. The molecule has 0 amide bonds. The molecule has 27 heavy (non-hydrogen) atoms. The smallest absolute Gasteiger partial charge is 0.193 e. The molecule has 6 heteroatoms. The number of rotatable bonds is 7. The lowest BCUT2D eigenvalue weighted by Gasteiger charge is -2.34. The highest BCUT2D eigenvalue weighted by Gasteiger charge is 2.21. The van der Waals surface area contributed by atoms with Crippen molar-refractivity contribution in [3.63, 3.8) is 0 Å². The second-order valence-corrected chi connectivity index (χ2v) is 6.98. The fourth-order valence-electron chi connectivity index (χ4n) is 3.57. The van der Waals surface area contributed by atoms with Gasteiger partial charge >= 0.3 is 0 Å². The first kappa shape index (κ1) is 21.7. The molecule has 148 valence electrons. The zero-order valence-electron chi connectivity index (χ0n) is 16.3. The monoisotopic (exact) mass is 481 g/mol. The van der Waals surface area contributed by atoms with Gasteiger partial charge in [-0.1, -0.05) is 30.3 Å². The quantitative estimate of drug-likeness (QED) is 0.283. The number of halogens is 1. The first-order chi connectivity index (χ1) is 12.8. The van der Waals surface area contributed by atoms with Gasteiger partial charge in [-0.15, -0.1) is 24.0 Å². The highest BCUT2D eigenvalue weighted by molar-refractivity contribution is 14.0. The number of nitrogens with zero attached hydrogens (tertiary/aromatic N) is 4. The fourth-order valence-corrected chi connectivity index (χ4v) is 3.57. The maximum Gasteiger partial charge on any atom is 0.193 e. The Morgan fingerprint density at radius 2 is 1.96 bits per heavy atom. The number of piperidine rings is 1. The molecule has 1 N–H and O–H groups in total. The van der Waals surface area contributed by atoms with Crippen LogP contribution in [0, 0.1) is 5.92 Å². The van der Waals surface area contributed by atoms with E-state index in [0.717, 1.165) is 51.0 Å². The lowest BCUT2D eigenvalue weighted by Crippen LogP contribution is -2.46. The molecule has 2 aromatic rings. The van der Waals surface area contributed by atoms with Crippen molar-refractivity contribution in [1.29, 1.82) is 0 Å². The molecule has 0 atom stereocenters. The molecule has 1 aliphatic heterocycles. The van der Waals surface area contributed by atoms with Crippen LogP contribution in [0.1, 0.15) is 31.7 Å².